The predicted octanol–water partition coefficient (Wildman–Crippen LogP) is 0.607. The van der Waals surface area contributed by atoms with E-state index < -0.39 is 46.2 Å². The number of amides is 1. The minimum absolute atomic E-state index is 1.46. The van der Waals surface area contributed by atoms with Crippen molar-refractivity contribution in [2.45, 2.75) is 0 Å². The van der Waals surface area contributed by atoms with Crippen LogP contribution in [0.5, 0.6) is 5.75 Å². The summed E-state index contributed by atoms with van der Waals surface area (Å²) in [7, 11) is 0. The standard InChI is InChI=1S/C8H4F3NO4/c9-3-1(7(12)14)2(8(15)16)4(10)6(13)5(3)11/h13H,(H2,12,14)(H,15,16). The van der Waals surface area contributed by atoms with Gasteiger partial charge in [0, 0.05) is 0 Å². The number of aromatic carboxylic acids is 1. The monoisotopic (exact) mass is 235 g/mol. The van der Waals surface area contributed by atoms with Crippen LogP contribution in [-0.4, -0.2) is 22.1 Å². The third kappa shape index (κ3) is 1.53. The lowest BCUT2D eigenvalue weighted by Crippen LogP contribution is -2.21. The average Bonchev–Trinajstić information content (AvgIpc) is 2.18. The van der Waals surface area contributed by atoms with Crippen LogP contribution in [0.3, 0.4) is 0 Å². The van der Waals surface area contributed by atoms with Crippen LogP contribution in [0.2, 0.25) is 0 Å². The fourth-order valence-electron chi connectivity index (χ4n) is 1.08. The van der Waals surface area contributed by atoms with Crippen molar-refractivity contribution in [1.82, 2.24) is 0 Å². The van der Waals surface area contributed by atoms with E-state index >= 15 is 0 Å². The van der Waals surface area contributed by atoms with Gasteiger partial charge < -0.3 is 15.9 Å². The molecule has 0 bridgehead atoms. The Labute approximate surface area is 85.9 Å². The Balaban J connectivity index is 3.83. The van der Waals surface area contributed by atoms with E-state index in [9.17, 15) is 22.8 Å². The summed E-state index contributed by atoms with van der Waals surface area (Å²) in [5, 5.41) is 17.2. The Kier molecular flexibility index (Phi) is 2.75. The van der Waals surface area contributed by atoms with Crippen LogP contribution in [0.4, 0.5) is 13.2 Å². The number of rotatable bonds is 2. The maximum absolute atomic E-state index is 13.1. The molecule has 86 valence electrons. The molecule has 5 nitrogen and oxygen atoms in total. The maximum Gasteiger partial charge on any atom is 0.339 e. The molecule has 1 aromatic carbocycles. The second kappa shape index (κ2) is 3.72. The molecule has 0 unspecified atom stereocenters. The normalized spacial score (nSPS) is 10.2. The van der Waals surface area contributed by atoms with Crippen LogP contribution in [-0.2, 0) is 0 Å². The van der Waals surface area contributed by atoms with Gasteiger partial charge in [-0.05, 0) is 0 Å². The van der Waals surface area contributed by atoms with Crippen LogP contribution in [0, 0.1) is 17.5 Å². The molecule has 0 spiro atoms. The Hall–Kier alpha value is -2.25. The molecule has 0 aliphatic heterocycles. The first-order valence-corrected chi connectivity index (χ1v) is 3.71. The zero-order chi connectivity index (χ0) is 12.6. The quantitative estimate of drug-likeness (QED) is 0.653. The summed E-state index contributed by atoms with van der Waals surface area (Å²) >= 11 is 0. The van der Waals surface area contributed by atoms with Gasteiger partial charge in [-0.15, -0.1) is 0 Å². The lowest BCUT2D eigenvalue weighted by atomic mass is 10.0. The van der Waals surface area contributed by atoms with Crippen molar-refractivity contribution in [2.75, 3.05) is 0 Å². The van der Waals surface area contributed by atoms with E-state index in [2.05, 4.69) is 5.73 Å². The van der Waals surface area contributed by atoms with Gasteiger partial charge in [0.1, 0.15) is 5.56 Å². The van der Waals surface area contributed by atoms with Gasteiger partial charge in [-0.3, -0.25) is 4.79 Å². The molecule has 0 aliphatic carbocycles. The highest BCUT2D eigenvalue weighted by Crippen LogP contribution is 2.29. The number of halogens is 3. The molecule has 1 amide bonds. The SMILES string of the molecule is NC(=O)c1c(F)c(F)c(O)c(F)c1C(=O)O. The third-order valence-corrected chi connectivity index (χ3v) is 1.76. The van der Waals surface area contributed by atoms with Crippen molar-refractivity contribution in [3.05, 3.63) is 28.6 Å². The average molecular weight is 235 g/mol. The molecule has 0 saturated carbocycles. The second-order valence-electron chi connectivity index (χ2n) is 2.71. The zero-order valence-corrected chi connectivity index (χ0v) is 7.42. The molecule has 1 aromatic rings. The van der Waals surface area contributed by atoms with Crippen LogP contribution in [0.25, 0.3) is 0 Å². The summed E-state index contributed by atoms with van der Waals surface area (Å²) in [5.41, 5.74) is 1.62. The molecule has 8 heteroatoms. The minimum Gasteiger partial charge on any atom is -0.503 e. The maximum atomic E-state index is 13.1. The van der Waals surface area contributed by atoms with Crippen LogP contribution < -0.4 is 5.73 Å². The fraction of sp³-hybridized carbons (Fsp3) is 0. The number of aromatic hydroxyl groups is 1. The van der Waals surface area contributed by atoms with Crippen molar-refractivity contribution in [3.63, 3.8) is 0 Å². The minimum atomic E-state index is -2.07. The molecule has 1 rings (SSSR count). The number of phenolic OH excluding ortho intramolecular Hbond substituents is 1. The molecule has 0 aliphatic rings. The molecule has 16 heavy (non-hydrogen) atoms. The third-order valence-electron chi connectivity index (χ3n) is 1.76. The topological polar surface area (TPSA) is 101 Å². The number of benzene rings is 1. The van der Waals surface area contributed by atoms with Crippen molar-refractivity contribution in [2.24, 2.45) is 5.73 Å². The number of phenols is 1. The summed E-state index contributed by atoms with van der Waals surface area (Å²) in [6.45, 7) is 0. The number of primary amides is 1. The molecule has 0 aromatic heterocycles. The summed E-state index contributed by atoms with van der Waals surface area (Å²) in [4.78, 5) is 21.2. The van der Waals surface area contributed by atoms with Crippen molar-refractivity contribution in [1.29, 1.82) is 0 Å². The van der Waals surface area contributed by atoms with Gasteiger partial charge >= 0.3 is 5.97 Å². The summed E-state index contributed by atoms with van der Waals surface area (Å²) in [5.74, 6) is -11.6. The first-order chi connectivity index (χ1) is 7.29. The van der Waals surface area contributed by atoms with E-state index in [-0.39, 0.29) is 0 Å². The van der Waals surface area contributed by atoms with Gasteiger partial charge in [-0.25, -0.2) is 13.6 Å². The van der Waals surface area contributed by atoms with Gasteiger partial charge in [0.05, 0.1) is 5.56 Å². The largest absolute Gasteiger partial charge is 0.503 e. The summed E-state index contributed by atoms with van der Waals surface area (Å²) in [6, 6.07) is 0. The Morgan fingerprint density at radius 1 is 1.00 bits per heavy atom. The van der Waals surface area contributed by atoms with E-state index in [1.807, 2.05) is 0 Å². The molecular weight excluding hydrogens is 231 g/mol. The molecule has 0 heterocycles. The molecule has 0 radical (unpaired) electrons. The molecule has 0 atom stereocenters. The molecule has 4 N–H and O–H groups in total. The molecule has 0 saturated heterocycles. The molecule has 0 fully saturated rings. The number of nitrogens with two attached hydrogens (primary N) is 1. The van der Waals surface area contributed by atoms with Crippen molar-refractivity contribution in [3.8, 4) is 5.75 Å². The lowest BCUT2D eigenvalue weighted by Gasteiger charge is -2.08. The number of hydrogen-bond donors (Lipinski definition) is 3. The lowest BCUT2D eigenvalue weighted by molar-refractivity contribution is 0.0684. The highest BCUT2D eigenvalue weighted by Gasteiger charge is 2.31. The van der Waals surface area contributed by atoms with E-state index in [0.29, 0.717) is 0 Å². The number of carboxylic acids is 1. The van der Waals surface area contributed by atoms with Crippen LogP contribution >= 0.6 is 0 Å². The first-order valence-electron chi connectivity index (χ1n) is 3.71. The van der Waals surface area contributed by atoms with E-state index in [1.165, 1.54) is 0 Å². The summed E-state index contributed by atoms with van der Waals surface area (Å²) in [6.07, 6.45) is 0. The van der Waals surface area contributed by atoms with Gasteiger partial charge in [-0.2, -0.15) is 4.39 Å². The van der Waals surface area contributed by atoms with Gasteiger partial charge in [0.15, 0.2) is 17.4 Å². The van der Waals surface area contributed by atoms with E-state index in [1.54, 1.807) is 0 Å². The van der Waals surface area contributed by atoms with E-state index in [4.69, 9.17) is 10.2 Å². The van der Waals surface area contributed by atoms with Crippen LogP contribution in [0.15, 0.2) is 0 Å². The van der Waals surface area contributed by atoms with E-state index in [0.717, 1.165) is 0 Å². The Bertz CT molecular complexity index is 456. The van der Waals surface area contributed by atoms with Crippen molar-refractivity contribution >= 4 is 11.9 Å². The van der Waals surface area contributed by atoms with Gasteiger partial charge in [0.2, 0.25) is 5.82 Å². The summed E-state index contributed by atoms with van der Waals surface area (Å²) < 4.78 is 38.9. The highest BCUT2D eigenvalue weighted by molar-refractivity contribution is 6.04. The van der Waals surface area contributed by atoms with Crippen LogP contribution in [0.1, 0.15) is 20.7 Å². The molecular formula is C8H4F3NO4. The fourth-order valence-corrected chi connectivity index (χ4v) is 1.08. The van der Waals surface area contributed by atoms with Gasteiger partial charge in [-0.1, -0.05) is 0 Å². The first kappa shape index (κ1) is 11.8. The smallest absolute Gasteiger partial charge is 0.339 e. The Morgan fingerprint density at radius 3 is 1.88 bits per heavy atom. The number of carbonyl (C=O) groups is 2. The highest BCUT2D eigenvalue weighted by atomic mass is 19.2. The Morgan fingerprint density at radius 2 is 1.50 bits per heavy atom. The number of carbonyl (C=O) groups excluding carboxylic acids is 1. The van der Waals surface area contributed by atoms with Gasteiger partial charge in [0.25, 0.3) is 5.91 Å². The second-order valence-corrected chi connectivity index (χ2v) is 2.71. The number of hydrogen-bond acceptors (Lipinski definition) is 3. The zero-order valence-electron chi connectivity index (χ0n) is 7.42. The number of carboxylic acid groups (broad SMARTS) is 1. The predicted molar refractivity (Wildman–Crippen MR) is 43.5 cm³/mol. The van der Waals surface area contributed by atoms with Crippen molar-refractivity contribution < 1.29 is 33.0 Å².